The van der Waals surface area contributed by atoms with Crippen molar-refractivity contribution in [3.05, 3.63) is 29.0 Å². The minimum Gasteiger partial charge on any atom is -0.392 e. The quantitative estimate of drug-likeness (QED) is 0.907. The van der Waals surface area contributed by atoms with E-state index in [-0.39, 0.29) is 0 Å². The van der Waals surface area contributed by atoms with Gasteiger partial charge in [0.25, 0.3) is 0 Å². The first-order valence-electron chi connectivity index (χ1n) is 7.02. The van der Waals surface area contributed by atoms with E-state index in [1.54, 1.807) is 6.92 Å². The number of halogens is 1. The van der Waals surface area contributed by atoms with Gasteiger partial charge in [0.05, 0.1) is 11.6 Å². The van der Waals surface area contributed by atoms with Gasteiger partial charge in [-0.25, -0.2) is 9.97 Å². The second kappa shape index (κ2) is 5.54. The minimum atomic E-state index is -0.425. The van der Waals surface area contributed by atoms with E-state index < -0.39 is 6.10 Å². The monoisotopic (exact) mass is 291 g/mol. The molecule has 0 bridgehead atoms. The van der Waals surface area contributed by atoms with Crippen LogP contribution in [0, 0.1) is 0 Å². The van der Waals surface area contributed by atoms with Crippen molar-refractivity contribution < 1.29 is 5.11 Å². The zero-order chi connectivity index (χ0) is 14.1. The first-order valence-corrected chi connectivity index (χ1v) is 7.40. The molecule has 2 N–H and O–H groups in total. The third kappa shape index (κ3) is 2.72. The predicted octanol–water partition coefficient (Wildman–Crippen LogP) is 3.34. The number of nitrogens with one attached hydrogen (secondary N) is 1. The Morgan fingerprint density at radius 2 is 2.20 bits per heavy atom. The van der Waals surface area contributed by atoms with Crippen LogP contribution in [0.1, 0.15) is 37.9 Å². The van der Waals surface area contributed by atoms with Crippen LogP contribution in [0.25, 0.3) is 10.9 Å². The Morgan fingerprint density at radius 3 is 2.85 bits per heavy atom. The molecular weight excluding hydrogens is 274 g/mol. The Hall–Kier alpha value is -1.39. The van der Waals surface area contributed by atoms with Crippen molar-refractivity contribution in [1.82, 2.24) is 9.97 Å². The molecule has 1 saturated carbocycles. The van der Waals surface area contributed by atoms with E-state index in [4.69, 9.17) is 11.6 Å². The highest BCUT2D eigenvalue weighted by Crippen LogP contribution is 2.36. The Bertz CT molecular complexity index is 626. The highest BCUT2D eigenvalue weighted by Gasteiger charge is 2.23. The third-order valence-corrected chi connectivity index (χ3v) is 3.95. The van der Waals surface area contributed by atoms with Crippen LogP contribution < -0.4 is 5.32 Å². The largest absolute Gasteiger partial charge is 0.392 e. The summed E-state index contributed by atoms with van der Waals surface area (Å²) in [6, 6.07) is 5.64. The van der Waals surface area contributed by atoms with Crippen molar-refractivity contribution in [1.29, 1.82) is 0 Å². The van der Waals surface area contributed by atoms with Gasteiger partial charge in [-0.2, -0.15) is 0 Å². The van der Waals surface area contributed by atoms with Crippen LogP contribution in [0.2, 0.25) is 5.02 Å². The van der Waals surface area contributed by atoms with Gasteiger partial charge in [-0.05, 0) is 38.0 Å². The summed E-state index contributed by atoms with van der Waals surface area (Å²) < 4.78 is 0. The number of hydrogen-bond acceptors (Lipinski definition) is 4. The Kier molecular flexibility index (Phi) is 3.76. The zero-order valence-corrected chi connectivity index (χ0v) is 12.2. The number of hydrogen-bond donors (Lipinski definition) is 2. The number of aromatic nitrogens is 2. The van der Waals surface area contributed by atoms with Gasteiger partial charge in [-0.1, -0.05) is 18.0 Å². The maximum Gasteiger partial charge on any atom is 0.137 e. The van der Waals surface area contributed by atoms with Gasteiger partial charge in [-0.3, -0.25) is 0 Å². The molecule has 1 fully saturated rings. The molecule has 1 atom stereocenters. The molecule has 3 rings (SSSR count). The van der Waals surface area contributed by atoms with Gasteiger partial charge < -0.3 is 10.4 Å². The van der Waals surface area contributed by atoms with Crippen LogP contribution in [-0.4, -0.2) is 27.7 Å². The van der Waals surface area contributed by atoms with Crippen LogP contribution in [0.3, 0.4) is 0 Å². The number of benzene rings is 1. The average Bonchev–Trinajstić information content (AvgIpc) is 2.34. The first kappa shape index (κ1) is 13.6. The molecule has 1 aliphatic carbocycles. The van der Waals surface area contributed by atoms with Crippen molar-refractivity contribution in [2.45, 2.75) is 38.2 Å². The molecular formula is C15H18ClN3O. The molecule has 1 aromatic carbocycles. The molecule has 20 heavy (non-hydrogen) atoms. The molecule has 5 heteroatoms. The molecule has 0 spiro atoms. The third-order valence-electron chi connectivity index (χ3n) is 3.71. The number of aliphatic hydroxyl groups excluding tert-OH is 1. The normalized spacial score (nSPS) is 16.9. The molecule has 0 aliphatic heterocycles. The fraction of sp³-hybridized carbons (Fsp3) is 0.467. The van der Waals surface area contributed by atoms with Gasteiger partial charge in [0.1, 0.15) is 11.6 Å². The van der Waals surface area contributed by atoms with Gasteiger partial charge in [0, 0.05) is 22.9 Å². The molecule has 0 radical (unpaired) electrons. The van der Waals surface area contributed by atoms with Gasteiger partial charge >= 0.3 is 0 Å². The van der Waals surface area contributed by atoms with Crippen molar-refractivity contribution in [2.24, 2.45) is 0 Å². The van der Waals surface area contributed by atoms with Crippen LogP contribution in [-0.2, 0) is 0 Å². The number of anilines is 1. The Labute approximate surface area is 123 Å². The standard InChI is InChI=1S/C15H18ClN3O/c1-9(20)8-17-15-12-7-11(16)5-6-13(12)18-14(19-15)10-3-2-4-10/h5-7,9-10,20H,2-4,8H2,1H3,(H,17,18,19)/t9-/m0/s1. The summed E-state index contributed by atoms with van der Waals surface area (Å²) in [6.07, 6.45) is 3.15. The molecule has 0 saturated heterocycles. The Balaban J connectivity index is 2.04. The van der Waals surface area contributed by atoms with E-state index >= 15 is 0 Å². The van der Waals surface area contributed by atoms with Gasteiger partial charge in [-0.15, -0.1) is 0 Å². The van der Waals surface area contributed by atoms with Crippen molar-refractivity contribution in [2.75, 3.05) is 11.9 Å². The van der Waals surface area contributed by atoms with E-state index in [1.165, 1.54) is 6.42 Å². The van der Waals surface area contributed by atoms with Crippen molar-refractivity contribution in [3.63, 3.8) is 0 Å². The van der Waals surface area contributed by atoms with E-state index in [2.05, 4.69) is 15.3 Å². The molecule has 0 unspecified atom stereocenters. The second-order valence-electron chi connectivity index (χ2n) is 5.45. The fourth-order valence-corrected chi connectivity index (χ4v) is 2.52. The lowest BCUT2D eigenvalue weighted by molar-refractivity contribution is 0.208. The van der Waals surface area contributed by atoms with E-state index in [9.17, 15) is 5.11 Å². The number of aliphatic hydroxyl groups is 1. The van der Waals surface area contributed by atoms with Crippen LogP contribution in [0.15, 0.2) is 18.2 Å². The SMILES string of the molecule is C[C@H](O)CNc1nc(C2CCC2)nc2ccc(Cl)cc12. The molecule has 2 aromatic rings. The highest BCUT2D eigenvalue weighted by molar-refractivity contribution is 6.31. The number of rotatable bonds is 4. The van der Waals surface area contributed by atoms with Crippen molar-refractivity contribution >= 4 is 28.3 Å². The zero-order valence-electron chi connectivity index (χ0n) is 11.4. The maximum absolute atomic E-state index is 9.44. The summed E-state index contributed by atoms with van der Waals surface area (Å²) in [6.45, 7) is 2.21. The Morgan fingerprint density at radius 1 is 1.40 bits per heavy atom. The highest BCUT2D eigenvalue weighted by atomic mass is 35.5. The molecule has 1 heterocycles. The first-order chi connectivity index (χ1) is 9.63. The summed E-state index contributed by atoms with van der Waals surface area (Å²) in [4.78, 5) is 9.30. The summed E-state index contributed by atoms with van der Waals surface area (Å²) >= 11 is 6.06. The van der Waals surface area contributed by atoms with Crippen LogP contribution in [0.5, 0.6) is 0 Å². The lowest BCUT2D eigenvalue weighted by atomic mass is 9.85. The van der Waals surface area contributed by atoms with Crippen LogP contribution >= 0.6 is 11.6 Å². The summed E-state index contributed by atoms with van der Waals surface area (Å²) in [7, 11) is 0. The summed E-state index contributed by atoms with van der Waals surface area (Å²) in [5, 5.41) is 14.2. The van der Waals surface area contributed by atoms with Crippen LogP contribution in [0.4, 0.5) is 5.82 Å². The van der Waals surface area contributed by atoms with Gasteiger partial charge in [0.2, 0.25) is 0 Å². The maximum atomic E-state index is 9.44. The fourth-order valence-electron chi connectivity index (χ4n) is 2.35. The lowest BCUT2D eigenvalue weighted by Crippen LogP contribution is -2.18. The van der Waals surface area contributed by atoms with Gasteiger partial charge in [0.15, 0.2) is 0 Å². The predicted molar refractivity (Wildman–Crippen MR) is 81.3 cm³/mol. The molecule has 106 valence electrons. The molecule has 1 aliphatic rings. The summed E-state index contributed by atoms with van der Waals surface area (Å²) in [5.41, 5.74) is 0.902. The molecule has 4 nitrogen and oxygen atoms in total. The smallest absolute Gasteiger partial charge is 0.137 e. The van der Waals surface area contributed by atoms with Crippen molar-refractivity contribution in [3.8, 4) is 0 Å². The lowest BCUT2D eigenvalue weighted by Gasteiger charge is -2.24. The minimum absolute atomic E-state index is 0.425. The van der Waals surface area contributed by atoms with E-state index in [0.29, 0.717) is 17.5 Å². The average molecular weight is 292 g/mol. The number of nitrogens with zero attached hydrogens (tertiary/aromatic N) is 2. The second-order valence-corrected chi connectivity index (χ2v) is 5.89. The van der Waals surface area contributed by atoms with E-state index in [0.717, 1.165) is 35.4 Å². The summed E-state index contributed by atoms with van der Waals surface area (Å²) in [5.74, 6) is 2.14. The number of fused-ring (bicyclic) bond motifs is 1. The molecule has 0 amide bonds. The topological polar surface area (TPSA) is 58.0 Å². The van der Waals surface area contributed by atoms with E-state index in [1.807, 2.05) is 18.2 Å². The molecule has 1 aromatic heterocycles.